The molecule has 0 saturated heterocycles. The van der Waals surface area contributed by atoms with Crippen molar-refractivity contribution in [3.05, 3.63) is 12.7 Å². The van der Waals surface area contributed by atoms with E-state index >= 15 is 0 Å². The molecule has 0 heterocycles. The molecule has 0 amide bonds. The van der Waals surface area contributed by atoms with Crippen molar-refractivity contribution in [2.24, 2.45) is 0 Å². The van der Waals surface area contributed by atoms with Crippen LogP contribution in [-0.4, -0.2) is 10.8 Å². The van der Waals surface area contributed by atoms with Gasteiger partial charge in [0.1, 0.15) is 0 Å². The summed E-state index contributed by atoms with van der Waals surface area (Å²) >= 11 is 11.6. The highest BCUT2D eigenvalue weighted by Gasteiger charge is 2.11. The van der Waals surface area contributed by atoms with Crippen LogP contribution in [-0.2, 0) is 0 Å². The van der Waals surface area contributed by atoms with Crippen molar-refractivity contribution < 1.29 is 0 Å². The molecular weight excluding hydrogens is 155 g/mol. The second-order valence-corrected chi connectivity index (χ2v) is 3.09. The van der Waals surface area contributed by atoms with E-state index in [2.05, 4.69) is 6.58 Å². The Balaban J connectivity index is 3.44. The van der Waals surface area contributed by atoms with Crippen LogP contribution in [0.5, 0.6) is 0 Å². The molecule has 0 bridgehead atoms. The van der Waals surface area contributed by atoms with Crippen molar-refractivity contribution in [3.8, 4) is 0 Å². The van der Waals surface area contributed by atoms with Gasteiger partial charge in [0.15, 0.2) is 0 Å². The molecule has 0 aliphatic rings. The minimum absolute atomic E-state index is 0.0502. The first-order valence-corrected chi connectivity index (χ1v) is 3.98. The van der Waals surface area contributed by atoms with Gasteiger partial charge in [-0.25, -0.2) is 0 Å². The fourth-order valence-electron chi connectivity index (χ4n) is 0.563. The van der Waals surface area contributed by atoms with Gasteiger partial charge in [-0.05, 0) is 12.8 Å². The van der Waals surface area contributed by atoms with E-state index in [1.165, 1.54) is 0 Å². The summed E-state index contributed by atoms with van der Waals surface area (Å²) in [4.78, 5) is 0. The lowest BCUT2D eigenvalue weighted by molar-refractivity contribution is 0.748. The lowest BCUT2D eigenvalue weighted by atomic mass is 10.2. The summed E-state index contributed by atoms with van der Waals surface area (Å²) in [5.41, 5.74) is 0. The monoisotopic (exact) mass is 166 g/mol. The molecular formula is C7H12Cl2. The van der Waals surface area contributed by atoms with E-state index in [0.29, 0.717) is 0 Å². The normalized spacial score (nSPS) is 16.8. The van der Waals surface area contributed by atoms with Gasteiger partial charge in [-0.1, -0.05) is 13.0 Å². The third-order valence-corrected chi connectivity index (χ3v) is 2.40. The zero-order valence-electron chi connectivity index (χ0n) is 5.61. The Morgan fingerprint density at radius 1 is 1.44 bits per heavy atom. The number of rotatable bonds is 4. The molecule has 0 aromatic carbocycles. The molecule has 0 aliphatic carbocycles. The molecule has 0 aromatic heterocycles. The van der Waals surface area contributed by atoms with Gasteiger partial charge in [0, 0.05) is 5.38 Å². The lowest BCUT2D eigenvalue weighted by Gasteiger charge is -2.10. The second-order valence-electron chi connectivity index (χ2n) is 1.96. The van der Waals surface area contributed by atoms with E-state index in [0.717, 1.165) is 12.8 Å². The highest BCUT2D eigenvalue weighted by molar-refractivity contribution is 6.30. The summed E-state index contributed by atoms with van der Waals surface area (Å²) in [6.45, 7) is 5.60. The molecule has 2 heteroatoms. The maximum absolute atomic E-state index is 5.83. The summed E-state index contributed by atoms with van der Waals surface area (Å²) in [5.74, 6) is 0. The van der Waals surface area contributed by atoms with Gasteiger partial charge in [-0.2, -0.15) is 0 Å². The predicted octanol–water partition coefficient (Wildman–Crippen LogP) is 3.19. The van der Waals surface area contributed by atoms with Crippen molar-refractivity contribution in [3.63, 3.8) is 0 Å². The molecule has 0 nitrogen and oxygen atoms in total. The van der Waals surface area contributed by atoms with E-state index in [-0.39, 0.29) is 10.8 Å². The highest BCUT2D eigenvalue weighted by Crippen LogP contribution is 2.16. The van der Waals surface area contributed by atoms with Gasteiger partial charge in [0.05, 0.1) is 5.38 Å². The van der Waals surface area contributed by atoms with Crippen LogP contribution >= 0.6 is 23.2 Å². The molecule has 2 unspecified atom stereocenters. The van der Waals surface area contributed by atoms with Crippen LogP contribution in [0.3, 0.4) is 0 Å². The molecule has 9 heavy (non-hydrogen) atoms. The van der Waals surface area contributed by atoms with Crippen molar-refractivity contribution in [1.82, 2.24) is 0 Å². The third kappa shape index (κ3) is 3.83. The topological polar surface area (TPSA) is 0 Å². The molecule has 0 aromatic rings. The fraction of sp³-hybridized carbons (Fsp3) is 0.714. The van der Waals surface area contributed by atoms with Crippen LogP contribution in [0.4, 0.5) is 0 Å². The van der Waals surface area contributed by atoms with Gasteiger partial charge < -0.3 is 0 Å². The third-order valence-electron chi connectivity index (χ3n) is 1.17. The minimum atomic E-state index is 0.0502. The van der Waals surface area contributed by atoms with Gasteiger partial charge in [0.25, 0.3) is 0 Å². The largest absolute Gasteiger partial charge is 0.121 e. The summed E-state index contributed by atoms with van der Waals surface area (Å²) in [6.07, 6.45) is 3.51. The molecule has 0 spiro atoms. The van der Waals surface area contributed by atoms with Gasteiger partial charge >= 0.3 is 0 Å². The first-order chi connectivity index (χ1) is 4.22. The van der Waals surface area contributed by atoms with Crippen molar-refractivity contribution in [1.29, 1.82) is 0 Å². The van der Waals surface area contributed by atoms with Gasteiger partial charge in [-0.3, -0.25) is 0 Å². The summed E-state index contributed by atoms with van der Waals surface area (Å²) < 4.78 is 0. The van der Waals surface area contributed by atoms with Gasteiger partial charge in [0.2, 0.25) is 0 Å². The highest BCUT2D eigenvalue weighted by atomic mass is 35.5. The summed E-state index contributed by atoms with van der Waals surface area (Å²) in [7, 11) is 0. The summed E-state index contributed by atoms with van der Waals surface area (Å²) in [5, 5.41) is 0.138. The van der Waals surface area contributed by atoms with E-state index in [1.54, 1.807) is 6.08 Å². The Kier molecular flexibility index (Phi) is 5.31. The van der Waals surface area contributed by atoms with Crippen LogP contribution in [0.2, 0.25) is 0 Å². The fourth-order valence-corrected chi connectivity index (χ4v) is 0.970. The Hall–Kier alpha value is 0.320. The molecule has 2 atom stereocenters. The second kappa shape index (κ2) is 5.13. The van der Waals surface area contributed by atoms with Crippen LogP contribution in [0, 0.1) is 0 Å². The van der Waals surface area contributed by atoms with E-state index in [1.807, 2.05) is 6.92 Å². The quantitative estimate of drug-likeness (QED) is 0.445. The Bertz CT molecular complexity index is 81.0. The molecule has 0 saturated carbocycles. The molecule has 0 N–H and O–H groups in total. The van der Waals surface area contributed by atoms with Crippen LogP contribution in [0.1, 0.15) is 19.8 Å². The van der Waals surface area contributed by atoms with Crippen LogP contribution in [0.15, 0.2) is 12.7 Å². The van der Waals surface area contributed by atoms with Crippen molar-refractivity contribution in [2.75, 3.05) is 0 Å². The molecule has 54 valence electrons. The van der Waals surface area contributed by atoms with Crippen molar-refractivity contribution >= 4 is 23.2 Å². The maximum Gasteiger partial charge on any atom is 0.0533 e. The number of allylic oxidation sites excluding steroid dienone is 1. The zero-order chi connectivity index (χ0) is 7.28. The molecule has 0 radical (unpaired) electrons. The number of alkyl halides is 2. The Morgan fingerprint density at radius 2 is 2.00 bits per heavy atom. The maximum atomic E-state index is 5.83. The first kappa shape index (κ1) is 9.32. The molecule has 0 fully saturated rings. The summed E-state index contributed by atoms with van der Waals surface area (Å²) in [6, 6.07) is 0. The van der Waals surface area contributed by atoms with E-state index in [9.17, 15) is 0 Å². The first-order valence-electron chi connectivity index (χ1n) is 3.11. The van der Waals surface area contributed by atoms with E-state index < -0.39 is 0 Å². The molecule has 0 rings (SSSR count). The Morgan fingerprint density at radius 3 is 2.33 bits per heavy atom. The number of halogens is 2. The Labute approximate surface area is 66.8 Å². The molecule has 0 aliphatic heterocycles. The van der Waals surface area contributed by atoms with Crippen LogP contribution < -0.4 is 0 Å². The average Bonchev–Trinajstić information content (AvgIpc) is 1.87. The number of hydrogen-bond acceptors (Lipinski definition) is 0. The average molecular weight is 167 g/mol. The smallest absolute Gasteiger partial charge is 0.0533 e. The van der Waals surface area contributed by atoms with Crippen LogP contribution in [0.25, 0.3) is 0 Å². The zero-order valence-corrected chi connectivity index (χ0v) is 7.12. The van der Waals surface area contributed by atoms with E-state index in [4.69, 9.17) is 23.2 Å². The lowest BCUT2D eigenvalue weighted by Crippen LogP contribution is -2.12. The minimum Gasteiger partial charge on any atom is -0.121 e. The van der Waals surface area contributed by atoms with Crippen molar-refractivity contribution in [2.45, 2.75) is 30.5 Å². The standard InChI is InChI=1S/C7H12Cl2/c1-3-5-7(9)6(8)4-2/h3,6-7H,1,4-5H2,2H3. The predicted molar refractivity (Wildman–Crippen MR) is 44.4 cm³/mol. The SMILES string of the molecule is C=CCC(Cl)C(Cl)CC. The number of hydrogen-bond donors (Lipinski definition) is 0. The van der Waals surface area contributed by atoms with Gasteiger partial charge in [-0.15, -0.1) is 29.8 Å².